The zero-order valence-electron chi connectivity index (χ0n) is 9.88. The number of nitrogens with one attached hydrogen (secondary N) is 1. The third-order valence-corrected chi connectivity index (χ3v) is 3.30. The standard InChI is InChI=1S/C13H17BrClNO/c1-2-3-12(15)9-16-13(17)8-10-4-6-11(14)7-5-10/h4-7,12H,2-3,8-9H2,1H3,(H,16,17). The van der Waals surface area contributed by atoms with E-state index in [0.717, 1.165) is 22.9 Å². The van der Waals surface area contributed by atoms with Crippen LogP contribution in [0.3, 0.4) is 0 Å². The second-order valence-corrected chi connectivity index (χ2v) is 5.53. The maximum absolute atomic E-state index is 11.6. The van der Waals surface area contributed by atoms with Gasteiger partial charge in [-0.15, -0.1) is 11.6 Å². The Labute approximate surface area is 116 Å². The predicted octanol–water partition coefficient (Wildman–Crippen LogP) is 3.52. The van der Waals surface area contributed by atoms with Crippen LogP contribution in [-0.2, 0) is 11.2 Å². The van der Waals surface area contributed by atoms with Crippen LogP contribution in [0, 0.1) is 0 Å². The molecule has 1 aromatic rings. The number of carbonyl (C=O) groups is 1. The quantitative estimate of drug-likeness (QED) is 0.799. The fourth-order valence-electron chi connectivity index (χ4n) is 1.49. The average Bonchev–Trinajstić information content (AvgIpc) is 2.30. The van der Waals surface area contributed by atoms with Crippen molar-refractivity contribution in [1.82, 2.24) is 5.32 Å². The number of benzene rings is 1. The number of hydrogen-bond acceptors (Lipinski definition) is 1. The average molecular weight is 319 g/mol. The van der Waals surface area contributed by atoms with Crippen molar-refractivity contribution in [1.29, 1.82) is 0 Å². The molecule has 0 aliphatic heterocycles. The van der Waals surface area contributed by atoms with Gasteiger partial charge in [0.05, 0.1) is 11.8 Å². The predicted molar refractivity (Wildman–Crippen MR) is 75.4 cm³/mol. The summed E-state index contributed by atoms with van der Waals surface area (Å²) in [6, 6.07) is 7.75. The molecular weight excluding hydrogens is 302 g/mol. The van der Waals surface area contributed by atoms with Crippen molar-refractivity contribution in [2.24, 2.45) is 0 Å². The highest BCUT2D eigenvalue weighted by atomic mass is 79.9. The van der Waals surface area contributed by atoms with Gasteiger partial charge >= 0.3 is 0 Å². The molecular formula is C13H17BrClNO. The lowest BCUT2D eigenvalue weighted by Crippen LogP contribution is -2.30. The molecule has 0 radical (unpaired) electrons. The first-order chi connectivity index (χ1) is 8.11. The molecule has 1 amide bonds. The molecule has 4 heteroatoms. The molecule has 0 aliphatic carbocycles. The van der Waals surface area contributed by atoms with Gasteiger partial charge in [0, 0.05) is 11.0 Å². The van der Waals surface area contributed by atoms with Crippen LogP contribution in [0.5, 0.6) is 0 Å². The second-order valence-electron chi connectivity index (χ2n) is 3.99. The third-order valence-electron chi connectivity index (χ3n) is 2.40. The van der Waals surface area contributed by atoms with E-state index in [1.807, 2.05) is 24.3 Å². The lowest BCUT2D eigenvalue weighted by atomic mass is 10.1. The number of amides is 1. The molecule has 94 valence electrons. The van der Waals surface area contributed by atoms with Gasteiger partial charge in [0.1, 0.15) is 0 Å². The van der Waals surface area contributed by atoms with Crippen LogP contribution in [-0.4, -0.2) is 17.8 Å². The van der Waals surface area contributed by atoms with Crippen LogP contribution in [0.1, 0.15) is 25.3 Å². The summed E-state index contributed by atoms with van der Waals surface area (Å²) in [6.07, 6.45) is 2.37. The van der Waals surface area contributed by atoms with Gasteiger partial charge in [0.25, 0.3) is 0 Å². The van der Waals surface area contributed by atoms with Crippen molar-refractivity contribution in [2.75, 3.05) is 6.54 Å². The van der Waals surface area contributed by atoms with Crippen molar-refractivity contribution in [3.63, 3.8) is 0 Å². The number of rotatable bonds is 6. The topological polar surface area (TPSA) is 29.1 Å². The molecule has 0 bridgehead atoms. The van der Waals surface area contributed by atoms with Gasteiger partial charge in [-0.25, -0.2) is 0 Å². The largest absolute Gasteiger partial charge is 0.354 e. The van der Waals surface area contributed by atoms with E-state index in [0.29, 0.717) is 13.0 Å². The molecule has 0 heterocycles. The number of alkyl halides is 1. The minimum Gasteiger partial charge on any atom is -0.354 e. The zero-order valence-corrected chi connectivity index (χ0v) is 12.2. The smallest absolute Gasteiger partial charge is 0.224 e. The van der Waals surface area contributed by atoms with Crippen LogP contribution in [0.25, 0.3) is 0 Å². The van der Waals surface area contributed by atoms with E-state index in [-0.39, 0.29) is 11.3 Å². The van der Waals surface area contributed by atoms with Crippen LogP contribution in [0.2, 0.25) is 0 Å². The Kier molecular flexibility index (Phi) is 6.60. The third kappa shape index (κ3) is 6.08. The Balaban J connectivity index is 2.32. The summed E-state index contributed by atoms with van der Waals surface area (Å²) in [5.74, 6) is 0.0223. The zero-order chi connectivity index (χ0) is 12.7. The van der Waals surface area contributed by atoms with Crippen LogP contribution >= 0.6 is 27.5 Å². The molecule has 0 saturated carbocycles. The Bertz CT molecular complexity index is 353. The van der Waals surface area contributed by atoms with E-state index >= 15 is 0 Å². The monoisotopic (exact) mass is 317 g/mol. The Hall–Kier alpha value is -0.540. The van der Waals surface area contributed by atoms with Gasteiger partial charge in [0.2, 0.25) is 5.91 Å². The fraction of sp³-hybridized carbons (Fsp3) is 0.462. The summed E-state index contributed by atoms with van der Waals surface area (Å²) in [7, 11) is 0. The van der Waals surface area contributed by atoms with E-state index in [9.17, 15) is 4.79 Å². The number of halogens is 2. The lowest BCUT2D eigenvalue weighted by molar-refractivity contribution is -0.120. The maximum atomic E-state index is 11.6. The van der Waals surface area contributed by atoms with E-state index in [1.54, 1.807) is 0 Å². The highest BCUT2D eigenvalue weighted by Crippen LogP contribution is 2.11. The molecule has 0 aliphatic rings. The van der Waals surface area contributed by atoms with Gasteiger partial charge in [-0.1, -0.05) is 41.4 Å². The van der Waals surface area contributed by atoms with Crippen molar-refractivity contribution in [3.8, 4) is 0 Å². The normalized spacial score (nSPS) is 12.2. The summed E-state index contributed by atoms with van der Waals surface area (Å²) >= 11 is 9.39. The minimum absolute atomic E-state index is 0.0223. The fourth-order valence-corrected chi connectivity index (χ4v) is 2.05. The van der Waals surface area contributed by atoms with Crippen LogP contribution in [0.4, 0.5) is 0 Å². The Morgan fingerprint density at radius 1 is 1.41 bits per heavy atom. The minimum atomic E-state index is 0.0223. The number of hydrogen-bond donors (Lipinski definition) is 1. The molecule has 0 saturated heterocycles. The van der Waals surface area contributed by atoms with Crippen LogP contribution in [0.15, 0.2) is 28.7 Å². The van der Waals surface area contributed by atoms with Crippen molar-refractivity contribution < 1.29 is 4.79 Å². The molecule has 1 rings (SSSR count). The maximum Gasteiger partial charge on any atom is 0.224 e. The highest BCUT2D eigenvalue weighted by Gasteiger charge is 2.07. The van der Waals surface area contributed by atoms with Crippen molar-refractivity contribution >= 4 is 33.4 Å². The highest BCUT2D eigenvalue weighted by molar-refractivity contribution is 9.10. The number of carbonyl (C=O) groups excluding carboxylic acids is 1. The van der Waals surface area contributed by atoms with Crippen molar-refractivity contribution in [3.05, 3.63) is 34.3 Å². The van der Waals surface area contributed by atoms with E-state index < -0.39 is 0 Å². The van der Waals surface area contributed by atoms with Gasteiger partial charge < -0.3 is 5.32 Å². The van der Waals surface area contributed by atoms with Gasteiger partial charge in [0.15, 0.2) is 0 Å². The van der Waals surface area contributed by atoms with E-state index in [2.05, 4.69) is 28.2 Å². The summed E-state index contributed by atoms with van der Waals surface area (Å²) in [4.78, 5) is 11.6. The van der Waals surface area contributed by atoms with Gasteiger partial charge in [-0.05, 0) is 24.1 Å². The molecule has 1 aromatic carbocycles. The van der Waals surface area contributed by atoms with E-state index in [1.165, 1.54) is 0 Å². The second kappa shape index (κ2) is 7.72. The molecule has 1 unspecified atom stereocenters. The first kappa shape index (κ1) is 14.5. The molecule has 0 fully saturated rings. The summed E-state index contributed by atoms with van der Waals surface area (Å²) in [5.41, 5.74) is 1.01. The summed E-state index contributed by atoms with van der Waals surface area (Å²) in [6.45, 7) is 2.63. The van der Waals surface area contributed by atoms with Crippen LogP contribution < -0.4 is 5.32 Å². The van der Waals surface area contributed by atoms with Crippen molar-refractivity contribution in [2.45, 2.75) is 31.6 Å². The molecule has 0 aromatic heterocycles. The van der Waals surface area contributed by atoms with Gasteiger partial charge in [-0.3, -0.25) is 4.79 Å². The molecule has 1 N–H and O–H groups in total. The Morgan fingerprint density at radius 3 is 2.65 bits per heavy atom. The SMILES string of the molecule is CCCC(Cl)CNC(=O)Cc1ccc(Br)cc1. The van der Waals surface area contributed by atoms with Gasteiger partial charge in [-0.2, -0.15) is 0 Å². The summed E-state index contributed by atoms with van der Waals surface area (Å²) in [5, 5.41) is 2.88. The molecule has 0 spiro atoms. The first-order valence-corrected chi connectivity index (χ1v) is 7.00. The molecule has 2 nitrogen and oxygen atoms in total. The summed E-state index contributed by atoms with van der Waals surface area (Å²) < 4.78 is 1.02. The molecule has 17 heavy (non-hydrogen) atoms. The Morgan fingerprint density at radius 2 is 2.06 bits per heavy atom. The first-order valence-electron chi connectivity index (χ1n) is 5.77. The lowest BCUT2D eigenvalue weighted by Gasteiger charge is -2.09. The van der Waals surface area contributed by atoms with E-state index in [4.69, 9.17) is 11.6 Å². The molecule has 1 atom stereocenters.